The number of thiazole rings is 3. The van der Waals surface area contributed by atoms with E-state index in [9.17, 15) is 9.18 Å². The molecule has 566 valence electrons. The van der Waals surface area contributed by atoms with Crippen molar-refractivity contribution in [2.45, 2.75) is 58.1 Å². The molecule has 2 aliphatic heterocycles. The molecule has 2 saturated heterocycles. The summed E-state index contributed by atoms with van der Waals surface area (Å²) in [5.74, 6) is 5.66. The van der Waals surface area contributed by atoms with E-state index in [1.54, 1.807) is 128 Å². The minimum absolute atomic E-state index is 0.0962. The van der Waals surface area contributed by atoms with Crippen molar-refractivity contribution in [3.8, 4) is 106 Å². The number of furan rings is 3. The van der Waals surface area contributed by atoms with Crippen LogP contribution in [0.1, 0.15) is 60.0 Å². The number of aromatic nitrogens is 13. The third-order valence-corrected chi connectivity index (χ3v) is 23.8. The molecule has 1 amide bonds. The second-order valence-corrected chi connectivity index (χ2v) is 31.0. The molecule has 0 unspecified atom stereocenters. The second-order valence-electron chi connectivity index (χ2n) is 25.7. The summed E-state index contributed by atoms with van der Waals surface area (Å²) in [6.07, 6.45) is 12.1. The number of hydrogen-bond acceptors (Lipinski definition) is 30. The maximum Gasteiger partial charge on any atom is 0.294 e. The number of carbonyl (C=O) groups is 1. The number of methoxy groups -OCH3 is 6. The van der Waals surface area contributed by atoms with Gasteiger partial charge in [-0.15, -0.1) is 49.3 Å². The fraction of sp³-hybridized carbons (Fsp3) is 0.250. The molecule has 4 aromatic carbocycles. The highest BCUT2D eigenvalue weighted by molar-refractivity contribution is 7.19. The summed E-state index contributed by atoms with van der Waals surface area (Å²) < 4.78 is 88.0. The number of ether oxygens (including phenoxy) is 9. The molecule has 0 spiro atoms. The van der Waals surface area contributed by atoms with Crippen LogP contribution in [-0.4, -0.2) is 149 Å². The molecule has 15 heterocycles. The van der Waals surface area contributed by atoms with Crippen molar-refractivity contribution in [2.24, 2.45) is 0 Å². The Balaban J connectivity index is 0.000000122. The number of imidazole rings is 3. The molecule has 0 N–H and O–H groups in total. The first-order chi connectivity index (χ1) is 54.2. The fourth-order valence-electron chi connectivity index (χ4n) is 12.5. The first kappa shape index (κ1) is 72.1. The molecule has 0 radical (unpaired) electrons. The van der Waals surface area contributed by atoms with Gasteiger partial charge >= 0.3 is 0 Å². The molecule has 2 aliphatic rings. The van der Waals surface area contributed by atoms with E-state index < -0.39 is 5.67 Å². The lowest BCUT2D eigenvalue weighted by molar-refractivity contribution is 0.0792. The van der Waals surface area contributed by atoms with Crippen LogP contribution < -0.4 is 47.5 Å². The number of halogens is 1. The molecule has 17 aromatic rings. The Morgan fingerprint density at radius 1 is 0.495 bits per heavy atom. The third-order valence-electron chi connectivity index (χ3n) is 18.3. The number of benzene rings is 4. The minimum atomic E-state index is -1.09. The maximum atomic E-state index is 14.1. The largest absolute Gasteiger partial charge is 0.496 e. The van der Waals surface area contributed by atoms with Crippen LogP contribution >= 0.6 is 68.0 Å². The van der Waals surface area contributed by atoms with Crippen LogP contribution in [0.2, 0.25) is 0 Å². The molecule has 2 fully saturated rings. The van der Waals surface area contributed by atoms with E-state index >= 15 is 0 Å². The van der Waals surface area contributed by atoms with Gasteiger partial charge in [0.25, 0.3) is 21.5 Å². The van der Waals surface area contributed by atoms with Crippen LogP contribution in [0.3, 0.4) is 0 Å². The van der Waals surface area contributed by atoms with Gasteiger partial charge in [-0.3, -0.25) is 9.78 Å². The van der Waals surface area contributed by atoms with Crippen molar-refractivity contribution in [3.63, 3.8) is 0 Å². The van der Waals surface area contributed by atoms with Gasteiger partial charge < -0.3 is 65.7 Å². The molecular weight excluding hydrogens is 1540 g/mol. The van der Waals surface area contributed by atoms with Crippen molar-refractivity contribution in [1.29, 1.82) is 0 Å². The Bertz CT molecular complexity index is 6070. The summed E-state index contributed by atoms with van der Waals surface area (Å²) in [5.41, 5.74) is 7.90. The van der Waals surface area contributed by atoms with Crippen LogP contribution in [0.15, 0.2) is 151 Å². The Morgan fingerprint density at radius 3 is 1.32 bits per heavy atom. The number of likely N-dealkylation sites (tertiary alicyclic amines) is 1. The molecule has 0 saturated carbocycles. The van der Waals surface area contributed by atoms with E-state index in [4.69, 9.17) is 65.9 Å². The van der Waals surface area contributed by atoms with Crippen molar-refractivity contribution >= 4 is 127 Å². The number of fused-ring (bicyclic) bond motifs is 6. The van der Waals surface area contributed by atoms with Crippen molar-refractivity contribution in [2.75, 3.05) is 73.7 Å². The topological polar surface area (TPSA) is 288 Å². The van der Waals surface area contributed by atoms with Gasteiger partial charge in [0.15, 0.2) is 22.4 Å². The van der Waals surface area contributed by atoms with E-state index in [-0.39, 0.29) is 19.1 Å². The number of alkyl halides is 1. The fourth-order valence-corrected chi connectivity index (χ4v) is 17.0. The van der Waals surface area contributed by atoms with Gasteiger partial charge in [-0.1, -0.05) is 12.1 Å². The smallest absolute Gasteiger partial charge is 0.294 e. The van der Waals surface area contributed by atoms with Crippen molar-refractivity contribution < 1.29 is 65.1 Å². The summed E-state index contributed by atoms with van der Waals surface area (Å²) in [6, 6.07) is 28.3. The monoisotopic (exact) mass is 1610 g/mol. The predicted octanol–water partition coefficient (Wildman–Crippen LogP) is 17.1. The molecule has 13 aromatic heterocycles. The lowest BCUT2D eigenvalue weighted by atomic mass is 9.96. The summed E-state index contributed by atoms with van der Waals surface area (Å²) in [6.45, 7) is 5.56. The Morgan fingerprint density at radius 2 is 0.919 bits per heavy atom. The van der Waals surface area contributed by atoms with Crippen LogP contribution in [0.25, 0.3) is 103 Å². The number of amides is 1. The van der Waals surface area contributed by atoms with Crippen molar-refractivity contribution in [3.05, 3.63) is 161 Å². The van der Waals surface area contributed by atoms with Gasteiger partial charge in [0.2, 0.25) is 14.9 Å². The Kier molecular flexibility index (Phi) is 20.1. The summed E-state index contributed by atoms with van der Waals surface area (Å²) in [7, 11) is 9.56. The molecule has 0 atom stereocenters. The predicted molar refractivity (Wildman–Crippen MR) is 422 cm³/mol. The second kappa shape index (κ2) is 31.0. The van der Waals surface area contributed by atoms with Crippen LogP contribution in [0, 0.1) is 0 Å². The van der Waals surface area contributed by atoms with Gasteiger partial charge in [0.1, 0.15) is 104 Å². The van der Waals surface area contributed by atoms with Gasteiger partial charge in [-0.2, -0.15) is 0 Å². The van der Waals surface area contributed by atoms with E-state index in [0.717, 1.165) is 85.4 Å². The molecular formula is C76H66FN15O13S6. The van der Waals surface area contributed by atoms with E-state index in [0.29, 0.717) is 154 Å². The van der Waals surface area contributed by atoms with Crippen LogP contribution in [0.5, 0.6) is 50.1 Å². The zero-order valence-corrected chi connectivity index (χ0v) is 65.3. The zero-order chi connectivity index (χ0) is 75.9. The van der Waals surface area contributed by atoms with Gasteiger partial charge in [0.05, 0.1) is 94.5 Å². The van der Waals surface area contributed by atoms with Crippen LogP contribution in [0.4, 0.5) is 9.52 Å². The first-order valence-corrected chi connectivity index (χ1v) is 39.8. The first-order valence-electron chi connectivity index (χ1n) is 34.7. The summed E-state index contributed by atoms with van der Waals surface area (Å²) >= 11 is 8.71. The van der Waals surface area contributed by atoms with Gasteiger partial charge in [0, 0.05) is 108 Å². The quantitative estimate of drug-likeness (QED) is 0.0609. The molecule has 19 rings (SSSR count). The number of pyridine rings is 1. The van der Waals surface area contributed by atoms with E-state index in [1.165, 1.54) is 34.0 Å². The average Bonchev–Trinajstić information content (AvgIpc) is 1.63. The Labute approximate surface area is 654 Å². The molecule has 111 heavy (non-hydrogen) atoms. The lowest BCUT2D eigenvalue weighted by Gasteiger charge is -2.33. The Hall–Kier alpha value is -11.8. The standard InChI is InChI=1S/C29H25N5O5S2.C24H24FN5O4S2.C23H17N5O4S2/c1-36-20-11-23(21-13-25(39-24(21)12-20)22-14-34-28(31-22)41-29(32-34)37-2)38-15-19-16-40-26(30-19)17-5-7-18(8-6-17)27(35)33-9-3-4-10-33;1-24(25)4-6-29(7-5-24)21-26-14(13-35-21)12-33-18-8-15(31-2)9-19-16(18)10-20(34-19)17-11-30-22(27-17)36-23(28-30)32-3;1-29-15-6-18(31-11-14-12-33-21(25-14)13-4-3-5-24-9-13)16-8-20(32-19(16)7-15)17-10-28-22(26-17)34-23(27-28)30-2/h5-8,11-14,16H,3-4,9-10,15H2,1-2H3;8-11,13H,4-7,12H2,1-3H3;3-10,12H,11H2,1-2H3. The van der Waals surface area contributed by atoms with E-state index in [2.05, 4.69) is 45.1 Å². The molecule has 0 aliphatic carbocycles. The summed E-state index contributed by atoms with van der Waals surface area (Å²) in [5, 5.41) is 25.6. The number of anilines is 1. The molecule has 28 nitrogen and oxygen atoms in total. The maximum absolute atomic E-state index is 14.1. The average molecular weight is 1610 g/mol. The van der Waals surface area contributed by atoms with E-state index in [1.807, 2.05) is 112 Å². The highest BCUT2D eigenvalue weighted by Crippen LogP contribution is 2.43. The normalized spacial score (nSPS) is 13.5. The highest BCUT2D eigenvalue weighted by atomic mass is 32.1. The summed E-state index contributed by atoms with van der Waals surface area (Å²) in [4.78, 5) is 51.0. The SMILES string of the molecule is COc1cc(OCc2csc(-c3ccc(C(=O)N4CCCC4)cc3)n2)c2cc(-c3cn4nc(OC)sc4n3)oc2c1.COc1cc(OCc2csc(-c3cccnc3)n2)c2cc(-c3cn4nc(OC)sc4n3)oc2c1.COc1cc(OCc2csc(N3CCC(C)(F)CC3)n2)c2cc(-c3cn4nc(OC)sc4n3)oc2c1. The molecule has 35 heteroatoms. The van der Waals surface area contributed by atoms with Gasteiger partial charge in [-0.05, 0) is 109 Å². The van der Waals surface area contributed by atoms with Crippen LogP contribution in [-0.2, 0) is 19.8 Å². The molecule has 0 bridgehead atoms. The van der Waals surface area contributed by atoms with Crippen molar-refractivity contribution in [1.82, 2.24) is 68.6 Å². The highest BCUT2D eigenvalue weighted by Gasteiger charge is 2.31. The number of nitrogens with zero attached hydrogens (tertiary/aromatic N) is 15. The zero-order valence-electron chi connectivity index (χ0n) is 60.4. The van der Waals surface area contributed by atoms with Gasteiger partial charge in [-0.25, -0.2) is 47.8 Å². The third kappa shape index (κ3) is 15.4. The number of piperidine rings is 1. The lowest BCUT2D eigenvalue weighted by Crippen LogP contribution is -2.40. The number of carbonyl (C=O) groups excluding carboxylic acids is 1. The minimum Gasteiger partial charge on any atom is -0.496 e. The number of rotatable bonds is 22. The number of hydrogen-bond donors (Lipinski definition) is 0.